The van der Waals surface area contributed by atoms with Crippen LogP contribution in [-0.4, -0.2) is 11.8 Å². The number of imide groups is 1. The maximum Gasteiger partial charge on any atom is 0.230 e. The summed E-state index contributed by atoms with van der Waals surface area (Å²) in [4.78, 5) is 23.9. The summed E-state index contributed by atoms with van der Waals surface area (Å²) in [6, 6.07) is 6.31. The minimum Gasteiger partial charge on any atom is -0.296 e. The normalized spacial score (nSPS) is 27.6. The molecule has 1 saturated carbocycles. The number of hydrogen-bond acceptors (Lipinski definition) is 2. The summed E-state index contributed by atoms with van der Waals surface area (Å²) in [5.74, 6) is -0.810. The highest BCUT2D eigenvalue weighted by molar-refractivity contribution is 6.00. The number of rotatable bonds is 2. The van der Waals surface area contributed by atoms with Gasteiger partial charge < -0.3 is 0 Å². The monoisotopic (exact) mass is 275 g/mol. The summed E-state index contributed by atoms with van der Waals surface area (Å²) in [5.41, 5.74) is 0.769. The molecule has 3 nitrogen and oxygen atoms in total. The van der Waals surface area contributed by atoms with Crippen molar-refractivity contribution in [2.75, 3.05) is 0 Å². The summed E-state index contributed by atoms with van der Waals surface area (Å²) >= 11 is 0. The van der Waals surface area contributed by atoms with Crippen LogP contribution in [0.25, 0.3) is 0 Å². The van der Waals surface area contributed by atoms with E-state index in [1.54, 1.807) is 6.07 Å². The van der Waals surface area contributed by atoms with Crippen LogP contribution in [0, 0.1) is 17.7 Å². The van der Waals surface area contributed by atoms with Crippen molar-refractivity contribution in [1.82, 2.24) is 5.32 Å². The minimum absolute atomic E-state index is 0.178. The number of amides is 2. The van der Waals surface area contributed by atoms with Gasteiger partial charge in [-0.25, -0.2) is 4.39 Å². The Hall–Kier alpha value is -1.71. The van der Waals surface area contributed by atoms with Crippen LogP contribution in [0.3, 0.4) is 0 Å². The molecule has 1 saturated heterocycles. The van der Waals surface area contributed by atoms with Gasteiger partial charge in [0.05, 0.1) is 0 Å². The van der Waals surface area contributed by atoms with E-state index in [-0.39, 0.29) is 35.9 Å². The number of carbonyl (C=O) groups is 2. The molecular formula is C16H18FNO2. The molecule has 1 aliphatic carbocycles. The van der Waals surface area contributed by atoms with Gasteiger partial charge in [-0.3, -0.25) is 14.9 Å². The zero-order valence-electron chi connectivity index (χ0n) is 11.3. The topological polar surface area (TPSA) is 46.2 Å². The third-order valence-electron chi connectivity index (χ3n) is 4.59. The van der Waals surface area contributed by atoms with Crippen LogP contribution in [0.2, 0.25) is 0 Å². The van der Waals surface area contributed by atoms with Gasteiger partial charge in [-0.05, 0) is 36.5 Å². The van der Waals surface area contributed by atoms with Crippen molar-refractivity contribution in [1.29, 1.82) is 0 Å². The molecule has 1 aliphatic heterocycles. The molecule has 106 valence electrons. The van der Waals surface area contributed by atoms with Crippen LogP contribution in [-0.2, 0) is 9.59 Å². The highest BCUT2D eigenvalue weighted by Gasteiger charge is 2.42. The lowest BCUT2D eigenvalue weighted by Crippen LogP contribution is -2.47. The molecule has 0 spiro atoms. The van der Waals surface area contributed by atoms with E-state index in [0.29, 0.717) is 5.92 Å². The maximum atomic E-state index is 13.4. The molecule has 0 radical (unpaired) electrons. The highest BCUT2D eigenvalue weighted by atomic mass is 19.1. The highest BCUT2D eigenvalue weighted by Crippen LogP contribution is 2.42. The molecule has 1 N–H and O–H groups in total. The Bertz CT molecular complexity index is 537. The first-order valence-corrected chi connectivity index (χ1v) is 7.24. The average molecular weight is 275 g/mol. The standard InChI is InChI=1S/C16H18FNO2/c17-12-7-3-6-11(8-12)13-9-14(19)18-16(20)15(13)10-4-1-2-5-10/h3,6-8,10,13,15H,1-2,4-5,9H2,(H,18,19,20). The van der Waals surface area contributed by atoms with Gasteiger partial charge in [-0.1, -0.05) is 25.0 Å². The van der Waals surface area contributed by atoms with Gasteiger partial charge in [0.2, 0.25) is 11.8 Å². The van der Waals surface area contributed by atoms with E-state index in [1.165, 1.54) is 12.1 Å². The molecule has 4 heteroatoms. The van der Waals surface area contributed by atoms with Crippen molar-refractivity contribution in [3.63, 3.8) is 0 Å². The first kappa shape index (κ1) is 13.3. The van der Waals surface area contributed by atoms with E-state index in [2.05, 4.69) is 5.32 Å². The first-order chi connectivity index (χ1) is 9.65. The van der Waals surface area contributed by atoms with E-state index in [4.69, 9.17) is 0 Å². The average Bonchev–Trinajstić information content (AvgIpc) is 2.91. The molecule has 0 bridgehead atoms. The molecule has 2 atom stereocenters. The third-order valence-corrected chi connectivity index (χ3v) is 4.59. The van der Waals surface area contributed by atoms with Crippen molar-refractivity contribution in [3.8, 4) is 0 Å². The molecule has 2 fully saturated rings. The van der Waals surface area contributed by atoms with Crippen molar-refractivity contribution in [3.05, 3.63) is 35.6 Å². The van der Waals surface area contributed by atoms with Crippen molar-refractivity contribution in [2.45, 2.75) is 38.0 Å². The molecule has 1 aromatic carbocycles. The molecular weight excluding hydrogens is 257 g/mol. The Labute approximate surface area is 117 Å². The summed E-state index contributed by atoms with van der Waals surface area (Å²) in [6.45, 7) is 0. The van der Waals surface area contributed by atoms with E-state index < -0.39 is 0 Å². The molecule has 20 heavy (non-hydrogen) atoms. The van der Waals surface area contributed by atoms with Crippen LogP contribution < -0.4 is 5.32 Å². The third kappa shape index (κ3) is 2.47. The summed E-state index contributed by atoms with van der Waals surface area (Å²) in [5, 5.41) is 2.45. The zero-order chi connectivity index (χ0) is 14.1. The lowest BCUT2D eigenvalue weighted by Gasteiger charge is -2.34. The second-order valence-corrected chi connectivity index (χ2v) is 5.85. The van der Waals surface area contributed by atoms with Crippen molar-refractivity contribution >= 4 is 11.8 Å². The summed E-state index contributed by atoms with van der Waals surface area (Å²) in [7, 11) is 0. The molecule has 2 aliphatic rings. The molecule has 1 aromatic rings. The van der Waals surface area contributed by atoms with Crippen LogP contribution in [0.1, 0.15) is 43.6 Å². The number of piperidine rings is 1. The second kappa shape index (κ2) is 5.35. The number of nitrogens with one attached hydrogen (secondary N) is 1. The lowest BCUT2D eigenvalue weighted by molar-refractivity contribution is -0.138. The van der Waals surface area contributed by atoms with Gasteiger partial charge in [0.25, 0.3) is 0 Å². The fourth-order valence-electron chi connectivity index (χ4n) is 3.70. The predicted molar refractivity (Wildman–Crippen MR) is 72.4 cm³/mol. The van der Waals surface area contributed by atoms with Gasteiger partial charge in [0.1, 0.15) is 5.82 Å². The fourth-order valence-corrected chi connectivity index (χ4v) is 3.70. The van der Waals surface area contributed by atoms with Crippen LogP contribution in [0.15, 0.2) is 24.3 Å². The molecule has 2 unspecified atom stereocenters. The second-order valence-electron chi connectivity index (χ2n) is 5.85. The molecule has 3 rings (SSSR count). The van der Waals surface area contributed by atoms with E-state index in [9.17, 15) is 14.0 Å². The van der Waals surface area contributed by atoms with Gasteiger partial charge in [0, 0.05) is 18.3 Å². The molecule has 2 amide bonds. The fraction of sp³-hybridized carbons (Fsp3) is 0.500. The summed E-state index contributed by atoms with van der Waals surface area (Å²) in [6.07, 6.45) is 4.60. The lowest BCUT2D eigenvalue weighted by atomic mass is 9.73. The Kier molecular flexibility index (Phi) is 3.55. The van der Waals surface area contributed by atoms with E-state index in [1.807, 2.05) is 6.07 Å². The molecule has 0 aromatic heterocycles. The van der Waals surface area contributed by atoms with Crippen molar-refractivity contribution < 1.29 is 14.0 Å². The number of halogens is 1. The maximum absolute atomic E-state index is 13.4. The Morgan fingerprint density at radius 1 is 1.15 bits per heavy atom. The quantitative estimate of drug-likeness (QED) is 0.844. The van der Waals surface area contributed by atoms with Crippen LogP contribution in [0.5, 0.6) is 0 Å². The number of carbonyl (C=O) groups excluding carboxylic acids is 2. The van der Waals surface area contributed by atoms with Gasteiger partial charge in [-0.2, -0.15) is 0 Å². The van der Waals surface area contributed by atoms with Crippen LogP contribution >= 0.6 is 0 Å². The number of benzene rings is 1. The largest absolute Gasteiger partial charge is 0.296 e. The Morgan fingerprint density at radius 3 is 2.60 bits per heavy atom. The Morgan fingerprint density at radius 2 is 1.90 bits per heavy atom. The number of hydrogen-bond donors (Lipinski definition) is 1. The van der Waals surface area contributed by atoms with Gasteiger partial charge in [0.15, 0.2) is 0 Å². The molecule has 1 heterocycles. The Balaban J connectivity index is 1.94. The first-order valence-electron chi connectivity index (χ1n) is 7.24. The van der Waals surface area contributed by atoms with Crippen molar-refractivity contribution in [2.24, 2.45) is 11.8 Å². The van der Waals surface area contributed by atoms with Gasteiger partial charge >= 0.3 is 0 Å². The van der Waals surface area contributed by atoms with Crippen LogP contribution in [0.4, 0.5) is 4.39 Å². The van der Waals surface area contributed by atoms with Gasteiger partial charge in [-0.15, -0.1) is 0 Å². The van der Waals surface area contributed by atoms with E-state index in [0.717, 1.165) is 31.2 Å². The zero-order valence-corrected chi connectivity index (χ0v) is 11.3. The summed E-state index contributed by atoms with van der Waals surface area (Å²) < 4.78 is 13.4. The van der Waals surface area contributed by atoms with E-state index >= 15 is 0 Å². The minimum atomic E-state index is -0.314. The predicted octanol–water partition coefficient (Wildman–Crippen LogP) is 2.76. The smallest absolute Gasteiger partial charge is 0.230 e. The SMILES string of the molecule is O=C1CC(c2cccc(F)c2)C(C2CCCC2)C(=O)N1.